The van der Waals surface area contributed by atoms with Crippen molar-refractivity contribution in [3.63, 3.8) is 0 Å². The maximum atomic E-state index is 12.4. The van der Waals surface area contributed by atoms with Crippen LogP contribution in [0.3, 0.4) is 0 Å². The number of hydrogen-bond donors (Lipinski definition) is 1. The summed E-state index contributed by atoms with van der Waals surface area (Å²) in [4.78, 5) is 3.56. The van der Waals surface area contributed by atoms with E-state index in [1.807, 2.05) is 0 Å². The third kappa shape index (κ3) is 4.79. The van der Waals surface area contributed by atoms with Crippen LogP contribution in [0.2, 0.25) is 0 Å². The zero-order chi connectivity index (χ0) is 17.1. The zero-order valence-electron chi connectivity index (χ0n) is 12.3. The van der Waals surface area contributed by atoms with Gasteiger partial charge in [0.2, 0.25) is 15.9 Å². The Kier molecular flexibility index (Phi) is 5.48. The summed E-state index contributed by atoms with van der Waals surface area (Å²) in [6.07, 6.45) is -2.08. The summed E-state index contributed by atoms with van der Waals surface area (Å²) >= 11 is 0. The molecule has 0 radical (unpaired) electrons. The number of pyridine rings is 1. The van der Waals surface area contributed by atoms with Gasteiger partial charge in [0.25, 0.3) is 0 Å². The third-order valence-corrected chi connectivity index (χ3v) is 5.52. The molecule has 1 aliphatic rings. The Labute approximate surface area is 132 Å². The number of ether oxygens (including phenoxy) is 1. The molecule has 2 rings (SSSR count). The largest absolute Gasteiger partial charge is 0.468 e. The van der Waals surface area contributed by atoms with Gasteiger partial charge >= 0.3 is 6.18 Å². The quantitative estimate of drug-likeness (QED) is 0.864. The fraction of sp³-hybridized carbons (Fsp3) is 0.615. The Morgan fingerprint density at radius 2 is 1.96 bits per heavy atom. The van der Waals surface area contributed by atoms with Crippen LogP contribution >= 0.6 is 0 Å². The van der Waals surface area contributed by atoms with E-state index in [9.17, 15) is 21.6 Å². The van der Waals surface area contributed by atoms with E-state index in [1.54, 1.807) is 0 Å². The lowest BCUT2D eigenvalue weighted by molar-refractivity contribution is -0.154. The molecule has 2 heterocycles. The van der Waals surface area contributed by atoms with E-state index >= 15 is 0 Å². The van der Waals surface area contributed by atoms with Gasteiger partial charge in [-0.3, -0.25) is 0 Å². The lowest BCUT2D eigenvalue weighted by Crippen LogP contribution is -2.40. The molecule has 1 aromatic rings. The summed E-state index contributed by atoms with van der Waals surface area (Å²) in [6, 6.07) is 2.31. The van der Waals surface area contributed by atoms with Crippen LogP contribution in [0.5, 0.6) is 5.88 Å². The second-order valence-electron chi connectivity index (χ2n) is 5.32. The fourth-order valence-electron chi connectivity index (χ4n) is 2.29. The van der Waals surface area contributed by atoms with Crippen molar-refractivity contribution < 1.29 is 26.3 Å². The molecule has 23 heavy (non-hydrogen) atoms. The minimum atomic E-state index is -4.47. The first-order valence-electron chi connectivity index (χ1n) is 7.08. The summed E-state index contributed by atoms with van der Waals surface area (Å²) in [5, 5.41) is 0. The SMILES string of the molecule is NCC1CCN(S(=O)(=O)c2ccc(OCC(F)(F)F)nc2)CC1. The molecular formula is C13H18F3N3O3S. The van der Waals surface area contributed by atoms with Crippen LogP contribution in [0, 0.1) is 5.92 Å². The lowest BCUT2D eigenvalue weighted by atomic mass is 9.99. The fourth-order valence-corrected chi connectivity index (χ4v) is 3.71. The smallest absolute Gasteiger partial charge is 0.422 e. The Hall–Kier alpha value is -1.39. The van der Waals surface area contributed by atoms with Crippen molar-refractivity contribution in [1.82, 2.24) is 9.29 Å². The zero-order valence-corrected chi connectivity index (χ0v) is 13.1. The number of aromatic nitrogens is 1. The molecule has 0 aromatic carbocycles. The summed E-state index contributed by atoms with van der Waals surface area (Å²) in [5.41, 5.74) is 5.57. The maximum absolute atomic E-state index is 12.4. The van der Waals surface area contributed by atoms with Crippen molar-refractivity contribution in [2.75, 3.05) is 26.2 Å². The molecule has 1 aromatic heterocycles. The van der Waals surface area contributed by atoms with Gasteiger partial charge in [-0.15, -0.1) is 0 Å². The average molecular weight is 353 g/mol. The average Bonchev–Trinajstić information content (AvgIpc) is 2.53. The number of alkyl halides is 3. The highest BCUT2D eigenvalue weighted by Crippen LogP contribution is 2.24. The summed E-state index contributed by atoms with van der Waals surface area (Å²) in [6.45, 7) is -0.202. The van der Waals surface area contributed by atoms with Gasteiger partial charge < -0.3 is 10.5 Å². The monoisotopic (exact) mass is 353 g/mol. The molecule has 1 fully saturated rings. The molecule has 6 nitrogen and oxygen atoms in total. The van der Waals surface area contributed by atoms with E-state index in [1.165, 1.54) is 10.4 Å². The molecule has 1 saturated heterocycles. The van der Waals surface area contributed by atoms with Gasteiger partial charge in [-0.2, -0.15) is 17.5 Å². The molecule has 1 aliphatic heterocycles. The standard InChI is InChI=1S/C13H18F3N3O3S/c14-13(15,16)9-22-12-2-1-11(8-18-12)23(20,21)19-5-3-10(7-17)4-6-19/h1-2,8,10H,3-7,9,17H2. The van der Waals surface area contributed by atoms with Crippen LogP contribution in [-0.4, -0.2) is 50.1 Å². The number of sulfonamides is 1. The summed E-state index contributed by atoms with van der Waals surface area (Å²) < 4.78 is 66.8. The van der Waals surface area contributed by atoms with Crippen LogP contribution in [0.4, 0.5) is 13.2 Å². The van der Waals surface area contributed by atoms with Gasteiger partial charge in [0.15, 0.2) is 6.61 Å². The molecule has 0 saturated carbocycles. The second-order valence-corrected chi connectivity index (χ2v) is 7.26. The second kappa shape index (κ2) is 7.02. The predicted octanol–water partition coefficient (Wildman–Crippen LogP) is 1.38. The number of piperidine rings is 1. The minimum absolute atomic E-state index is 0.0666. The highest BCUT2D eigenvalue weighted by atomic mass is 32.2. The molecule has 0 aliphatic carbocycles. The number of halogens is 3. The van der Waals surface area contributed by atoms with E-state index in [4.69, 9.17) is 5.73 Å². The van der Waals surface area contributed by atoms with Crippen molar-refractivity contribution in [3.05, 3.63) is 18.3 Å². The number of hydrogen-bond acceptors (Lipinski definition) is 5. The van der Waals surface area contributed by atoms with Gasteiger partial charge in [-0.1, -0.05) is 0 Å². The Balaban J connectivity index is 2.03. The third-order valence-electron chi connectivity index (χ3n) is 3.64. The van der Waals surface area contributed by atoms with Crippen molar-refractivity contribution >= 4 is 10.0 Å². The van der Waals surface area contributed by atoms with E-state index in [2.05, 4.69) is 9.72 Å². The molecule has 0 spiro atoms. The Morgan fingerprint density at radius 3 is 2.43 bits per heavy atom. The summed E-state index contributed by atoms with van der Waals surface area (Å²) in [7, 11) is -3.70. The van der Waals surface area contributed by atoms with E-state index in [0.717, 1.165) is 12.3 Å². The highest BCUT2D eigenvalue weighted by molar-refractivity contribution is 7.89. The van der Waals surface area contributed by atoms with Gasteiger partial charge in [0.1, 0.15) is 4.90 Å². The normalized spacial score (nSPS) is 18.1. The number of rotatable bonds is 5. The van der Waals surface area contributed by atoms with Crippen molar-refractivity contribution in [3.8, 4) is 5.88 Å². The van der Waals surface area contributed by atoms with Gasteiger partial charge in [-0.05, 0) is 31.4 Å². The molecule has 130 valence electrons. The highest BCUT2D eigenvalue weighted by Gasteiger charge is 2.30. The first-order chi connectivity index (χ1) is 10.7. The maximum Gasteiger partial charge on any atom is 0.422 e. The van der Waals surface area contributed by atoms with Crippen molar-refractivity contribution in [2.24, 2.45) is 11.7 Å². The molecule has 10 heteroatoms. The minimum Gasteiger partial charge on any atom is -0.468 e. The molecule has 2 N–H and O–H groups in total. The topological polar surface area (TPSA) is 85.5 Å². The summed E-state index contributed by atoms with van der Waals surface area (Å²) in [5.74, 6) is 0.0424. The van der Waals surface area contributed by atoms with Crippen molar-refractivity contribution in [2.45, 2.75) is 23.9 Å². The van der Waals surface area contributed by atoms with E-state index in [-0.39, 0.29) is 10.8 Å². The van der Waals surface area contributed by atoms with Crippen LogP contribution in [0.25, 0.3) is 0 Å². The van der Waals surface area contributed by atoms with Gasteiger partial charge in [0.05, 0.1) is 6.20 Å². The molecule has 0 bridgehead atoms. The van der Waals surface area contributed by atoms with Crippen molar-refractivity contribution in [1.29, 1.82) is 0 Å². The Bertz CT molecular complexity index is 612. The molecule has 0 unspecified atom stereocenters. The van der Waals surface area contributed by atoms with Crippen LogP contribution < -0.4 is 10.5 Å². The Morgan fingerprint density at radius 1 is 1.30 bits per heavy atom. The van der Waals surface area contributed by atoms with Crippen LogP contribution in [0.15, 0.2) is 23.2 Å². The van der Waals surface area contributed by atoms with Crippen LogP contribution in [0.1, 0.15) is 12.8 Å². The van der Waals surface area contributed by atoms with E-state index < -0.39 is 22.8 Å². The first-order valence-corrected chi connectivity index (χ1v) is 8.52. The lowest BCUT2D eigenvalue weighted by Gasteiger charge is -2.30. The molecule has 0 amide bonds. The number of nitrogens with zero attached hydrogens (tertiary/aromatic N) is 2. The van der Waals surface area contributed by atoms with Gasteiger partial charge in [-0.25, -0.2) is 13.4 Å². The van der Waals surface area contributed by atoms with E-state index in [0.29, 0.717) is 38.4 Å². The first kappa shape index (κ1) is 18.0. The predicted molar refractivity (Wildman–Crippen MR) is 76.3 cm³/mol. The van der Waals surface area contributed by atoms with Crippen LogP contribution in [-0.2, 0) is 10.0 Å². The molecule has 0 atom stereocenters. The van der Waals surface area contributed by atoms with Gasteiger partial charge in [0, 0.05) is 19.2 Å². The molecular weight excluding hydrogens is 335 g/mol. The number of nitrogens with two attached hydrogens (primary N) is 1.